The smallest absolute Gasteiger partial charge is 0.115 e. The van der Waals surface area contributed by atoms with Crippen LogP contribution in [0.2, 0.25) is 0 Å². The summed E-state index contributed by atoms with van der Waals surface area (Å²) in [7, 11) is 1.77. The van der Waals surface area contributed by atoms with Crippen LogP contribution >= 0.6 is 0 Å². The van der Waals surface area contributed by atoms with Gasteiger partial charge in [-0.25, -0.2) is 4.39 Å². The summed E-state index contributed by atoms with van der Waals surface area (Å²) in [6.45, 7) is 1.26. The molecule has 72 valence electrons. The van der Waals surface area contributed by atoms with Crippen molar-refractivity contribution in [3.05, 3.63) is 0 Å². The van der Waals surface area contributed by atoms with Crippen molar-refractivity contribution in [1.82, 2.24) is 5.32 Å². The van der Waals surface area contributed by atoms with Crippen LogP contribution in [0, 0.1) is 0 Å². The molecule has 0 aromatic carbocycles. The van der Waals surface area contributed by atoms with Crippen LogP contribution in [0.4, 0.5) is 4.39 Å². The zero-order chi connectivity index (χ0) is 8.81. The van der Waals surface area contributed by atoms with Crippen molar-refractivity contribution in [2.24, 2.45) is 0 Å². The Morgan fingerprint density at radius 1 is 1.58 bits per heavy atom. The number of halogens is 1. The molecule has 1 fully saturated rings. The van der Waals surface area contributed by atoms with E-state index in [1.54, 1.807) is 7.05 Å². The minimum atomic E-state index is -0.752. The van der Waals surface area contributed by atoms with Crippen molar-refractivity contribution < 1.29 is 9.13 Å². The molecule has 1 heterocycles. The van der Waals surface area contributed by atoms with Crippen molar-refractivity contribution >= 4 is 0 Å². The molecule has 0 bridgehead atoms. The van der Waals surface area contributed by atoms with Gasteiger partial charge in [0.2, 0.25) is 0 Å². The number of alkyl halides is 1. The first-order chi connectivity index (χ1) is 5.83. The molecule has 2 atom stereocenters. The van der Waals surface area contributed by atoms with Gasteiger partial charge >= 0.3 is 0 Å². The first-order valence-corrected chi connectivity index (χ1v) is 4.73. The summed E-state index contributed by atoms with van der Waals surface area (Å²) in [5.74, 6) is 0. The van der Waals surface area contributed by atoms with E-state index in [-0.39, 0.29) is 6.10 Å². The summed E-state index contributed by atoms with van der Waals surface area (Å²) in [5.41, 5.74) is 0. The highest BCUT2D eigenvalue weighted by Gasteiger charge is 2.18. The highest BCUT2D eigenvalue weighted by molar-refractivity contribution is 4.69. The Morgan fingerprint density at radius 3 is 3.00 bits per heavy atom. The van der Waals surface area contributed by atoms with E-state index >= 15 is 0 Å². The largest absolute Gasteiger partial charge is 0.378 e. The van der Waals surface area contributed by atoms with E-state index in [4.69, 9.17) is 4.74 Å². The van der Waals surface area contributed by atoms with Crippen LogP contribution in [-0.2, 0) is 4.74 Å². The number of nitrogens with one attached hydrogen (secondary N) is 1. The van der Waals surface area contributed by atoms with Gasteiger partial charge in [0.15, 0.2) is 0 Å². The summed E-state index contributed by atoms with van der Waals surface area (Å²) in [5, 5.41) is 2.83. The molecule has 1 N–H and O–H groups in total. The fourth-order valence-electron chi connectivity index (χ4n) is 1.58. The Bertz CT molecular complexity index is 115. The standard InChI is InChI=1S/C9H18FNO/c1-11-7-8(10)6-9-4-2-3-5-12-9/h8-9,11H,2-7H2,1H3/t8-,9-/m0/s1. The third-order valence-corrected chi connectivity index (χ3v) is 2.22. The summed E-state index contributed by atoms with van der Waals surface area (Å²) in [6, 6.07) is 0. The Morgan fingerprint density at radius 2 is 2.42 bits per heavy atom. The van der Waals surface area contributed by atoms with Crippen molar-refractivity contribution in [1.29, 1.82) is 0 Å². The SMILES string of the molecule is CNC[C@@H](F)C[C@@H]1CCCCO1. The summed E-state index contributed by atoms with van der Waals surface area (Å²) < 4.78 is 18.5. The molecule has 3 heteroatoms. The Labute approximate surface area is 73.5 Å². The number of ether oxygens (including phenoxy) is 1. The lowest BCUT2D eigenvalue weighted by molar-refractivity contribution is -0.00206. The number of hydrogen-bond acceptors (Lipinski definition) is 2. The lowest BCUT2D eigenvalue weighted by atomic mass is 10.0. The molecule has 12 heavy (non-hydrogen) atoms. The van der Waals surface area contributed by atoms with Gasteiger partial charge in [0.1, 0.15) is 6.17 Å². The number of rotatable bonds is 4. The van der Waals surface area contributed by atoms with Crippen LogP contribution in [0.15, 0.2) is 0 Å². The second kappa shape index (κ2) is 5.49. The average Bonchev–Trinajstić information content (AvgIpc) is 2.06. The van der Waals surface area contributed by atoms with Gasteiger partial charge in [-0.2, -0.15) is 0 Å². The van der Waals surface area contributed by atoms with E-state index in [0.29, 0.717) is 13.0 Å². The zero-order valence-electron chi connectivity index (χ0n) is 7.68. The molecule has 1 rings (SSSR count). The molecule has 0 radical (unpaired) electrons. The number of hydrogen-bond donors (Lipinski definition) is 1. The van der Waals surface area contributed by atoms with Gasteiger partial charge in [0.05, 0.1) is 6.10 Å². The second-order valence-electron chi connectivity index (χ2n) is 3.38. The first-order valence-electron chi connectivity index (χ1n) is 4.73. The Balaban J connectivity index is 2.11. The van der Waals surface area contributed by atoms with E-state index in [1.165, 1.54) is 6.42 Å². The van der Waals surface area contributed by atoms with Crippen LogP contribution in [0.25, 0.3) is 0 Å². The van der Waals surface area contributed by atoms with Crippen molar-refractivity contribution in [3.63, 3.8) is 0 Å². The second-order valence-corrected chi connectivity index (χ2v) is 3.38. The van der Waals surface area contributed by atoms with Gasteiger partial charge in [-0.1, -0.05) is 0 Å². The van der Waals surface area contributed by atoms with Gasteiger partial charge in [-0.15, -0.1) is 0 Å². The van der Waals surface area contributed by atoms with E-state index in [2.05, 4.69) is 5.32 Å². The topological polar surface area (TPSA) is 21.3 Å². The lowest BCUT2D eigenvalue weighted by Gasteiger charge is -2.23. The maximum atomic E-state index is 13.0. The molecule has 1 aliphatic heterocycles. The van der Waals surface area contributed by atoms with Gasteiger partial charge in [-0.05, 0) is 26.3 Å². The normalized spacial score (nSPS) is 27.0. The van der Waals surface area contributed by atoms with Gasteiger partial charge in [0.25, 0.3) is 0 Å². The molecule has 0 aromatic rings. The van der Waals surface area contributed by atoms with Crippen molar-refractivity contribution in [3.8, 4) is 0 Å². The Kier molecular flexibility index (Phi) is 4.54. The van der Waals surface area contributed by atoms with Crippen LogP contribution < -0.4 is 5.32 Å². The predicted molar refractivity (Wildman–Crippen MR) is 47.0 cm³/mol. The van der Waals surface area contributed by atoms with E-state index in [9.17, 15) is 4.39 Å². The minimum Gasteiger partial charge on any atom is -0.378 e. The van der Waals surface area contributed by atoms with Crippen molar-refractivity contribution in [2.45, 2.75) is 38.0 Å². The first kappa shape index (κ1) is 9.93. The molecule has 0 aliphatic carbocycles. The molecular weight excluding hydrogens is 157 g/mol. The minimum absolute atomic E-state index is 0.169. The molecule has 0 aromatic heterocycles. The average molecular weight is 175 g/mol. The molecule has 2 nitrogen and oxygen atoms in total. The van der Waals surface area contributed by atoms with Crippen LogP contribution in [0.3, 0.4) is 0 Å². The summed E-state index contributed by atoms with van der Waals surface area (Å²) in [6.07, 6.45) is 3.33. The van der Waals surface area contributed by atoms with Crippen molar-refractivity contribution in [2.75, 3.05) is 20.2 Å². The molecule has 0 saturated carbocycles. The lowest BCUT2D eigenvalue weighted by Crippen LogP contribution is -2.28. The third kappa shape index (κ3) is 3.50. The maximum absolute atomic E-state index is 13.0. The summed E-state index contributed by atoms with van der Waals surface area (Å²) >= 11 is 0. The van der Waals surface area contributed by atoms with Crippen LogP contribution in [0.5, 0.6) is 0 Å². The molecule has 1 aliphatic rings. The van der Waals surface area contributed by atoms with E-state index < -0.39 is 6.17 Å². The highest BCUT2D eigenvalue weighted by atomic mass is 19.1. The van der Waals surface area contributed by atoms with Crippen LogP contribution in [-0.4, -0.2) is 32.5 Å². The van der Waals surface area contributed by atoms with E-state index in [0.717, 1.165) is 19.4 Å². The fraction of sp³-hybridized carbons (Fsp3) is 1.00. The molecule has 0 spiro atoms. The van der Waals surface area contributed by atoms with Crippen LogP contribution in [0.1, 0.15) is 25.7 Å². The quantitative estimate of drug-likeness (QED) is 0.699. The molecule has 0 unspecified atom stereocenters. The van der Waals surface area contributed by atoms with Gasteiger partial charge in [0, 0.05) is 19.6 Å². The van der Waals surface area contributed by atoms with Gasteiger partial charge < -0.3 is 10.1 Å². The third-order valence-electron chi connectivity index (χ3n) is 2.22. The molecular formula is C9H18FNO. The summed E-state index contributed by atoms with van der Waals surface area (Å²) in [4.78, 5) is 0. The molecule has 1 saturated heterocycles. The van der Waals surface area contributed by atoms with Gasteiger partial charge in [-0.3, -0.25) is 0 Å². The highest BCUT2D eigenvalue weighted by Crippen LogP contribution is 2.17. The molecule has 0 amide bonds. The zero-order valence-corrected chi connectivity index (χ0v) is 7.68. The van der Waals surface area contributed by atoms with E-state index in [1.807, 2.05) is 0 Å². The predicted octanol–water partition coefficient (Wildman–Crippen LogP) is 1.50. The fourth-order valence-corrected chi connectivity index (χ4v) is 1.58. The Hall–Kier alpha value is -0.150. The monoisotopic (exact) mass is 175 g/mol. The maximum Gasteiger partial charge on any atom is 0.115 e.